The number of benzene rings is 2. The Morgan fingerprint density at radius 3 is 2.88 bits per heavy atom. The van der Waals surface area contributed by atoms with Crippen LogP contribution in [0, 0.1) is 0 Å². The SMILES string of the molecule is COc1ccc2[nH]c3c(c2c1)CCC[C@@H]3NC(=O)COc1cc(O)c2c(c1)OC(C)(C)CC2=O. The van der Waals surface area contributed by atoms with Gasteiger partial charge in [0.05, 0.1) is 19.6 Å². The van der Waals surface area contributed by atoms with Crippen molar-refractivity contribution in [1.82, 2.24) is 10.3 Å². The van der Waals surface area contributed by atoms with E-state index in [1.54, 1.807) is 13.2 Å². The number of ether oxygens (including phenoxy) is 3. The van der Waals surface area contributed by atoms with Crippen LogP contribution in [0.5, 0.6) is 23.0 Å². The van der Waals surface area contributed by atoms with Crippen LogP contribution in [0.2, 0.25) is 0 Å². The average molecular weight is 465 g/mol. The molecule has 0 unspecified atom stereocenters. The van der Waals surface area contributed by atoms with Gasteiger partial charge in [0.2, 0.25) is 0 Å². The number of phenolic OH excluding ortho intramolecular Hbond substituents is 1. The Morgan fingerprint density at radius 1 is 1.26 bits per heavy atom. The highest BCUT2D eigenvalue weighted by Gasteiger charge is 2.35. The molecule has 0 saturated heterocycles. The highest BCUT2D eigenvalue weighted by Crippen LogP contribution is 2.41. The summed E-state index contributed by atoms with van der Waals surface area (Å²) in [5, 5.41) is 14.5. The van der Waals surface area contributed by atoms with E-state index in [2.05, 4.69) is 10.3 Å². The fourth-order valence-corrected chi connectivity index (χ4v) is 4.93. The third kappa shape index (κ3) is 4.04. The summed E-state index contributed by atoms with van der Waals surface area (Å²) in [6, 6.07) is 8.68. The second kappa shape index (κ2) is 8.27. The van der Waals surface area contributed by atoms with Gasteiger partial charge in [0, 0.05) is 28.7 Å². The predicted molar refractivity (Wildman–Crippen MR) is 126 cm³/mol. The van der Waals surface area contributed by atoms with Gasteiger partial charge in [0.25, 0.3) is 5.91 Å². The molecule has 5 rings (SSSR count). The van der Waals surface area contributed by atoms with Gasteiger partial charge in [-0.05, 0) is 56.9 Å². The van der Waals surface area contributed by atoms with Crippen molar-refractivity contribution in [3.63, 3.8) is 0 Å². The van der Waals surface area contributed by atoms with Crippen molar-refractivity contribution in [3.8, 4) is 23.0 Å². The number of carbonyl (C=O) groups is 2. The molecule has 2 aromatic carbocycles. The van der Waals surface area contributed by atoms with Crippen molar-refractivity contribution < 1.29 is 28.9 Å². The van der Waals surface area contributed by atoms with Crippen LogP contribution in [0.15, 0.2) is 30.3 Å². The molecule has 0 bridgehead atoms. The van der Waals surface area contributed by atoms with E-state index in [0.717, 1.165) is 41.6 Å². The second-order valence-corrected chi connectivity index (χ2v) is 9.51. The maximum Gasteiger partial charge on any atom is 0.258 e. The number of phenols is 1. The van der Waals surface area contributed by atoms with Gasteiger partial charge in [-0.2, -0.15) is 0 Å². The van der Waals surface area contributed by atoms with E-state index >= 15 is 0 Å². The number of aromatic hydroxyl groups is 1. The normalized spacial score (nSPS) is 18.6. The van der Waals surface area contributed by atoms with E-state index in [9.17, 15) is 14.7 Å². The fourth-order valence-electron chi connectivity index (χ4n) is 4.93. The van der Waals surface area contributed by atoms with Crippen molar-refractivity contribution in [2.24, 2.45) is 0 Å². The molecule has 1 amide bonds. The van der Waals surface area contributed by atoms with Gasteiger partial charge in [-0.15, -0.1) is 0 Å². The van der Waals surface area contributed by atoms with E-state index in [1.807, 2.05) is 32.0 Å². The summed E-state index contributed by atoms with van der Waals surface area (Å²) in [7, 11) is 1.65. The van der Waals surface area contributed by atoms with Crippen molar-refractivity contribution in [1.29, 1.82) is 0 Å². The minimum Gasteiger partial charge on any atom is -0.507 e. The predicted octanol–water partition coefficient (Wildman–Crippen LogP) is 4.20. The number of amides is 1. The molecule has 0 radical (unpaired) electrons. The topological polar surface area (TPSA) is 110 Å². The van der Waals surface area contributed by atoms with Gasteiger partial charge in [-0.1, -0.05) is 0 Å². The molecule has 3 N–H and O–H groups in total. The first-order valence-electron chi connectivity index (χ1n) is 11.4. The molecule has 1 atom stereocenters. The quantitative estimate of drug-likeness (QED) is 0.522. The number of nitrogens with one attached hydrogen (secondary N) is 2. The Hall–Kier alpha value is -3.68. The van der Waals surface area contributed by atoms with E-state index < -0.39 is 5.60 Å². The lowest BCUT2D eigenvalue weighted by Crippen LogP contribution is -2.36. The van der Waals surface area contributed by atoms with Gasteiger partial charge >= 0.3 is 0 Å². The molecule has 2 heterocycles. The minimum absolute atomic E-state index is 0.142. The molecule has 1 aliphatic heterocycles. The molecule has 3 aromatic rings. The van der Waals surface area contributed by atoms with E-state index in [4.69, 9.17) is 14.2 Å². The second-order valence-electron chi connectivity index (χ2n) is 9.51. The molecule has 1 aromatic heterocycles. The zero-order chi connectivity index (χ0) is 24.0. The summed E-state index contributed by atoms with van der Waals surface area (Å²) in [5.41, 5.74) is 2.72. The Bertz CT molecular complexity index is 1290. The molecule has 1 aliphatic carbocycles. The van der Waals surface area contributed by atoms with Crippen LogP contribution in [0.1, 0.15) is 60.8 Å². The molecule has 0 saturated carbocycles. The number of carbonyl (C=O) groups excluding carboxylic acids is 2. The fraction of sp³-hybridized carbons (Fsp3) is 0.385. The third-order valence-electron chi connectivity index (χ3n) is 6.43. The lowest BCUT2D eigenvalue weighted by Gasteiger charge is -2.32. The van der Waals surface area contributed by atoms with Crippen molar-refractivity contribution in [3.05, 3.63) is 47.2 Å². The molecule has 8 heteroatoms. The molecule has 0 fully saturated rings. The third-order valence-corrected chi connectivity index (χ3v) is 6.43. The van der Waals surface area contributed by atoms with Crippen molar-refractivity contribution in [2.75, 3.05) is 13.7 Å². The number of aryl methyl sites for hydroxylation is 1. The summed E-state index contributed by atoms with van der Waals surface area (Å²) in [6.45, 7) is 3.39. The zero-order valence-corrected chi connectivity index (χ0v) is 19.5. The Morgan fingerprint density at radius 2 is 2.09 bits per heavy atom. The average Bonchev–Trinajstić information content (AvgIpc) is 3.15. The van der Waals surface area contributed by atoms with Crippen molar-refractivity contribution in [2.45, 2.75) is 51.2 Å². The van der Waals surface area contributed by atoms with Crippen LogP contribution in [0.3, 0.4) is 0 Å². The first-order valence-corrected chi connectivity index (χ1v) is 11.4. The molecule has 2 aliphatic rings. The first kappa shape index (κ1) is 22.1. The smallest absolute Gasteiger partial charge is 0.258 e. The molecule has 34 heavy (non-hydrogen) atoms. The lowest BCUT2D eigenvalue weighted by atomic mass is 9.91. The van der Waals surface area contributed by atoms with Gasteiger partial charge in [-0.3, -0.25) is 9.59 Å². The highest BCUT2D eigenvalue weighted by atomic mass is 16.5. The molecule has 0 spiro atoms. The first-order chi connectivity index (χ1) is 16.2. The number of ketones is 1. The summed E-state index contributed by atoms with van der Waals surface area (Å²) in [5.74, 6) is 0.664. The highest BCUT2D eigenvalue weighted by molar-refractivity contribution is 6.03. The number of methoxy groups -OCH3 is 1. The summed E-state index contributed by atoms with van der Waals surface area (Å²) < 4.78 is 16.9. The van der Waals surface area contributed by atoms with E-state index in [1.165, 1.54) is 11.6 Å². The summed E-state index contributed by atoms with van der Waals surface area (Å²) in [6.07, 6.45) is 2.91. The Balaban J connectivity index is 1.29. The number of H-pyrrole nitrogens is 1. The lowest BCUT2D eigenvalue weighted by molar-refractivity contribution is -0.124. The largest absolute Gasteiger partial charge is 0.507 e. The zero-order valence-electron chi connectivity index (χ0n) is 19.5. The van der Waals surface area contributed by atoms with Gasteiger partial charge < -0.3 is 29.6 Å². The van der Waals surface area contributed by atoms with Gasteiger partial charge in [-0.25, -0.2) is 0 Å². The number of hydrogen-bond donors (Lipinski definition) is 3. The minimum atomic E-state index is -0.672. The molecular formula is C26H28N2O6. The van der Waals surface area contributed by atoms with Crippen LogP contribution >= 0.6 is 0 Å². The van der Waals surface area contributed by atoms with Crippen LogP contribution in [-0.2, 0) is 11.2 Å². The van der Waals surface area contributed by atoms with E-state index in [0.29, 0.717) is 0 Å². The van der Waals surface area contributed by atoms with Crippen LogP contribution < -0.4 is 19.5 Å². The number of fused-ring (bicyclic) bond motifs is 4. The van der Waals surface area contributed by atoms with Crippen LogP contribution in [0.25, 0.3) is 10.9 Å². The number of Topliss-reactive ketones (excluding diaryl/α,β-unsaturated/α-hetero) is 1. The van der Waals surface area contributed by atoms with Gasteiger partial charge in [0.1, 0.15) is 34.2 Å². The molecule has 178 valence electrons. The summed E-state index contributed by atoms with van der Waals surface area (Å²) >= 11 is 0. The Labute approximate surface area is 197 Å². The van der Waals surface area contributed by atoms with Crippen LogP contribution in [0.4, 0.5) is 0 Å². The number of aromatic nitrogens is 1. The van der Waals surface area contributed by atoms with Gasteiger partial charge in [0.15, 0.2) is 12.4 Å². The standard InChI is InChI=1S/C26H28N2O6/c1-26(2)12-21(30)24-20(29)10-15(11-22(24)34-26)33-13-23(31)27-19-6-4-5-16-17-9-14(32-3)7-8-18(17)28-25(16)19/h7-11,19,28-29H,4-6,12-13H2,1-3H3,(H,27,31)/t19-/m0/s1. The number of hydrogen-bond acceptors (Lipinski definition) is 6. The number of aromatic amines is 1. The Kier molecular flexibility index (Phi) is 5.38. The van der Waals surface area contributed by atoms with Crippen LogP contribution in [-0.4, -0.2) is 41.1 Å². The summed E-state index contributed by atoms with van der Waals surface area (Å²) in [4.78, 5) is 28.5. The molecule has 8 nitrogen and oxygen atoms in total. The maximum atomic E-state index is 12.7. The molecular weight excluding hydrogens is 436 g/mol. The van der Waals surface area contributed by atoms with Crippen molar-refractivity contribution >= 4 is 22.6 Å². The maximum absolute atomic E-state index is 12.7. The number of rotatable bonds is 5. The monoisotopic (exact) mass is 464 g/mol. The van der Waals surface area contributed by atoms with E-state index in [-0.39, 0.29) is 53.6 Å².